The number of amides is 11. The van der Waals surface area contributed by atoms with Crippen molar-refractivity contribution < 1.29 is 146 Å². The summed E-state index contributed by atoms with van der Waals surface area (Å²) in [5.74, 6) is -4.90. The summed E-state index contributed by atoms with van der Waals surface area (Å²) in [6.45, 7) is 3.59. The van der Waals surface area contributed by atoms with Gasteiger partial charge < -0.3 is 152 Å². The summed E-state index contributed by atoms with van der Waals surface area (Å²) in [5.41, 5.74) is 0. The zero-order chi connectivity index (χ0) is 81.9. The van der Waals surface area contributed by atoms with E-state index in [1.165, 1.54) is 20.8 Å². The minimum Gasteiger partial charge on any atom is -0.394 e. The van der Waals surface area contributed by atoms with Crippen LogP contribution < -0.4 is 58.5 Å². The Morgan fingerprint density at radius 1 is 0.324 bits per heavy atom. The molecule has 17 atom stereocenters. The van der Waals surface area contributed by atoms with Crippen LogP contribution in [0.3, 0.4) is 0 Å². The van der Waals surface area contributed by atoms with E-state index in [0.717, 1.165) is 19.3 Å². The van der Waals surface area contributed by atoms with Crippen LogP contribution in [-0.2, 0) is 100 Å². The molecule has 3 rings (SSSR count). The number of aliphatic hydroxyl groups excluding tert-OH is 9. The Hall–Kier alpha value is -6.59. The van der Waals surface area contributed by atoms with Crippen LogP contribution in [0.4, 0.5) is 0 Å². The van der Waals surface area contributed by atoms with Crippen LogP contribution in [0.25, 0.3) is 0 Å². The van der Waals surface area contributed by atoms with Gasteiger partial charge in [0.25, 0.3) is 0 Å². The highest BCUT2D eigenvalue weighted by molar-refractivity contribution is 5.92. The highest BCUT2D eigenvalue weighted by Crippen LogP contribution is 2.25. The number of hydrogen-bond acceptors (Lipinski definition) is 30. The zero-order valence-electron chi connectivity index (χ0n) is 64.3. The van der Waals surface area contributed by atoms with Crippen LogP contribution in [-0.4, -0.2) is 347 Å². The first kappa shape index (κ1) is 98.6. The Kier molecular flexibility index (Phi) is 51.8. The van der Waals surface area contributed by atoms with Crippen LogP contribution >= 0.6 is 0 Å². The summed E-state index contributed by atoms with van der Waals surface area (Å²) in [5, 5.41) is 120. The third-order valence-corrected chi connectivity index (χ3v) is 17.8. The number of nitrogens with one attached hydrogen (secondary N) is 11. The number of unbranched alkanes of at least 4 members (excludes halogenated alkanes) is 5. The summed E-state index contributed by atoms with van der Waals surface area (Å²) in [4.78, 5) is 140. The summed E-state index contributed by atoms with van der Waals surface area (Å²) in [6.07, 6.45) is -10.6. The fraction of sp³-hybridized carbons (Fsp3) is 0.843. The van der Waals surface area contributed by atoms with Gasteiger partial charge in [-0.05, 0) is 70.6 Å². The number of aliphatic hydroxyl groups is 9. The molecule has 0 aromatic rings. The largest absolute Gasteiger partial charge is 0.394 e. The lowest BCUT2D eigenvalue weighted by Crippen LogP contribution is -2.64. The van der Waals surface area contributed by atoms with Gasteiger partial charge in [-0.1, -0.05) is 12.8 Å². The van der Waals surface area contributed by atoms with Crippen molar-refractivity contribution in [2.45, 2.75) is 247 Å². The Bertz CT molecular complexity index is 2720. The van der Waals surface area contributed by atoms with Crippen molar-refractivity contribution in [1.29, 1.82) is 0 Å². The molecule has 0 aliphatic carbocycles. The topological polar surface area (TPSA) is 594 Å². The van der Waals surface area contributed by atoms with Gasteiger partial charge in [-0.15, -0.1) is 0 Å². The maximum atomic E-state index is 14.3. The van der Waals surface area contributed by atoms with Crippen molar-refractivity contribution in [1.82, 2.24) is 58.5 Å². The van der Waals surface area contributed by atoms with Crippen LogP contribution in [0, 0.1) is 0 Å². The average molecular weight is 1600 g/mol. The molecule has 41 nitrogen and oxygen atoms in total. The van der Waals surface area contributed by atoms with Gasteiger partial charge in [0.2, 0.25) is 65.0 Å². The number of carbonyl (C=O) groups excluding carboxylic acids is 11. The third-order valence-electron chi connectivity index (χ3n) is 17.8. The summed E-state index contributed by atoms with van der Waals surface area (Å²) in [7, 11) is 1.61. The molecular formula is C70H125N11O30. The molecule has 0 spiro atoms. The standard InChI is InChI=1S/C70H125N11O30/c1-43(85)77-57-63(97)60(94)48(40-82)109-68(57)106-37-34-103-31-27-73-53(90)20-13-18-51(88)71-24-10-7-16-46(66(100)76-26-9-5-6-12-30-102-4)81-67(101)47(80-56(93)23-15-22-55(92)75-29-33-105-36-39-108-70-59(79-45(3)87)65(99)62(96)50(42-84)111-70)17-8-11-25-72-52(89)19-14-21-54(91)74-28-32-104-35-38-107-69-58(78-44(2)86)64(98)61(95)49(41-83)110-69/h46-50,57-65,68-70,82-84,94-99H,5-42H2,1-4H3,(H,71,88)(H,72,89)(H,73,90)(H,74,91)(H,75,92)(H,76,100)(H,77,85)(H,78,86)(H,79,87)(H,80,93)(H,81,101). The average Bonchev–Trinajstić information content (AvgIpc) is 0.821. The Labute approximate surface area is 646 Å². The van der Waals surface area contributed by atoms with Crippen LogP contribution in [0.5, 0.6) is 0 Å². The smallest absolute Gasteiger partial charge is 0.243 e. The Morgan fingerprint density at radius 2 is 0.631 bits per heavy atom. The zero-order valence-corrected chi connectivity index (χ0v) is 64.3. The van der Waals surface area contributed by atoms with Crippen molar-refractivity contribution in [2.24, 2.45) is 0 Å². The molecule has 20 N–H and O–H groups in total. The fourth-order valence-electron chi connectivity index (χ4n) is 11.8. The van der Waals surface area contributed by atoms with Crippen molar-refractivity contribution in [3.8, 4) is 0 Å². The molecule has 3 saturated heterocycles. The lowest BCUT2D eigenvalue weighted by atomic mass is 9.97. The molecule has 41 heteroatoms. The van der Waals surface area contributed by atoms with Gasteiger partial charge in [-0.25, -0.2) is 0 Å². The van der Waals surface area contributed by atoms with Gasteiger partial charge in [0, 0.05) is 112 Å². The second kappa shape index (κ2) is 58.3. The van der Waals surface area contributed by atoms with Crippen LogP contribution in [0.1, 0.15) is 143 Å². The molecule has 0 aromatic carbocycles. The molecule has 3 heterocycles. The van der Waals surface area contributed by atoms with E-state index < -0.39 is 165 Å². The van der Waals surface area contributed by atoms with Crippen LogP contribution in [0.2, 0.25) is 0 Å². The molecule has 0 saturated carbocycles. The quantitative estimate of drug-likeness (QED) is 0.0252. The number of rotatable bonds is 60. The molecule has 17 unspecified atom stereocenters. The summed E-state index contributed by atoms with van der Waals surface area (Å²) >= 11 is 0. The third kappa shape index (κ3) is 41.3. The SMILES string of the molecule is COCCCCCCNC(=O)C(CCCCNC(=O)CCCC(=O)NCCOCCOC1OC(CO)C(O)C(O)C1NC(C)=O)NC(=O)C(CCCCNC(=O)CCCC(=O)NCCOCCOC1OC(CO)C(O)C(O)C1NC(C)=O)NC(=O)CCCC(=O)NCCOCCOC1OC(CO)C(O)C(O)C1NC(C)=O. The van der Waals surface area contributed by atoms with Crippen molar-refractivity contribution in [3.63, 3.8) is 0 Å². The van der Waals surface area contributed by atoms with Gasteiger partial charge in [-0.3, -0.25) is 52.7 Å². The first-order valence-electron chi connectivity index (χ1n) is 38.2. The molecule has 0 aromatic heterocycles. The van der Waals surface area contributed by atoms with Crippen LogP contribution in [0.15, 0.2) is 0 Å². The molecule has 3 aliphatic rings. The molecule has 11 amide bonds. The highest BCUT2D eigenvalue weighted by atomic mass is 16.7. The van der Waals surface area contributed by atoms with E-state index in [2.05, 4.69) is 58.5 Å². The first-order chi connectivity index (χ1) is 53.2. The molecule has 0 bridgehead atoms. The first-order valence-corrected chi connectivity index (χ1v) is 38.2. The van der Waals surface area contributed by atoms with Gasteiger partial charge in [0.15, 0.2) is 18.9 Å². The summed E-state index contributed by atoms with van der Waals surface area (Å²) in [6, 6.07) is -5.58. The molecule has 3 fully saturated rings. The fourth-order valence-corrected chi connectivity index (χ4v) is 11.8. The molecule has 640 valence electrons. The maximum absolute atomic E-state index is 14.3. The Balaban J connectivity index is 1.50. The number of ether oxygens (including phenoxy) is 10. The van der Waals surface area contributed by atoms with E-state index in [4.69, 9.17) is 47.4 Å². The van der Waals surface area contributed by atoms with Crippen molar-refractivity contribution >= 4 is 65.0 Å². The second-order valence-electron chi connectivity index (χ2n) is 26.9. The molecular weight excluding hydrogens is 1470 g/mol. The maximum Gasteiger partial charge on any atom is 0.243 e. The van der Waals surface area contributed by atoms with Gasteiger partial charge in [-0.2, -0.15) is 0 Å². The van der Waals surface area contributed by atoms with Crippen molar-refractivity contribution in [3.05, 3.63) is 0 Å². The minimum atomic E-state index is -1.49. The molecule has 0 radical (unpaired) electrons. The number of carbonyl (C=O) groups is 11. The van der Waals surface area contributed by atoms with Gasteiger partial charge in [0.05, 0.1) is 79.3 Å². The molecule has 111 heavy (non-hydrogen) atoms. The monoisotopic (exact) mass is 1600 g/mol. The second-order valence-corrected chi connectivity index (χ2v) is 26.9. The van der Waals surface area contributed by atoms with E-state index in [-0.39, 0.29) is 186 Å². The van der Waals surface area contributed by atoms with E-state index >= 15 is 0 Å². The number of hydrogen-bond donors (Lipinski definition) is 20. The summed E-state index contributed by atoms with van der Waals surface area (Å²) < 4.78 is 55.0. The van der Waals surface area contributed by atoms with E-state index in [9.17, 15) is 98.7 Å². The van der Waals surface area contributed by atoms with E-state index in [1.807, 2.05) is 0 Å². The van der Waals surface area contributed by atoms with Gasteiger partial charge in [0.1, 0.15) is 85.1 Å². The van der Waals surface area contributed by atoms with Gasteiger partial charge >= 0.3 is 0 Å². The van der Waals surface area contributed by atoms with Crippen molar-refractivity contribution in [2.75, 3.05) is 132 Å². The lowest BCUT2D eigenvalue weighted by molar-refractivity contribution is -0.272. The van der Waals surface area contributed by atoms with E-state index in [1.54, 1.807) is 7.11 Å². The minimum absolute atomic E-state index is 0.00332. The highest BCUT2D eigenvalue weighted by Gasteiger charge is 2.48. The Morgan fingerprint density at radius 3 is 0.964 bits per heavy atom. The molecule has 3 aliphatic heterocycles. The number of methoxy groups -OCH3 is 1. The predicted octanol–water partition coefficient (Wildman–Crippen LogP) is -7.36. The van der Waals surface area contributed by atoms with E-state index in [0.29, 0.717) is 45.3 Å². The normalized spacial score (nSPS) is 24.2. The predicted molar refractivity (Wildman–Crippen MR) is 388 cm³/mol. The lowest BCUT2D eigenvalue weighted by Gasteiger charge is -2.42.